The number of nitrogens with two attached hydrogens (primary N) is 1. The Bertz CT molecular complexity index is 335. The maximum atomic E-state index is 13.4. The molecule has 0 aromatic heterocycles. The number of benzene rings is 1. The van der Waals surface area contributed by atoms with E-state index in [4.69, 9.17) is 5.73 Å². The molecule has 0 saturated heterocycles. The van der Waals surface area contributed by atoms with Gasteiger partial charge in [-0.15, -0.1) is 0 Å². The Morgan fingerprint density at radius 3 is 2.44 bits per heavy atom. The van der Waals surface area contributed by atoms with Crippen LogP contribution in [0, 0.1) is 11.6 Å². The fourth-order valence-electron chi connectivity index (χ4n) is 1.34. The first-order chi connectivity index (χ1) is 7.54. The quantitative estimate of drug-likeness (QED) is 0.784. The van der Waals surface area contributed by atoms with Gasteiger partial charge in [-0.1, -0.05) is 0 Å². The highest BCUT2D eigenvalue weighted by molar-refractivity contribution is 7.98. The number of hydrogen-bond donors (Lipinski definition) is 2. The second-order valence-electron chi connectivity index (χ2n) is 3.69. The molecule has 0 amide bonds. The Balaban J connectivity index is 2.73. The van der Waals surface area contributed by atoms with Crippen LogP contribution in [0.1, 0.15) is 13.3 Å². The summed E-state index contributed by atoms with van der Waals surface area (Å²) in [5.74, 6) is -0.339. The third kappa shape index (κ3) is 3.56. The van der Waals surface area contributed by atoms with Crippen LogP contribution in [0.5, 0.6) is 0 Å². The molecule has 5 heteroatoms. The topological polar surface area (TPSA) is 38.0 Å². The Labute approximate surface area is 98.6 Å². The van der Waals surface area contributed by atoms with E-state index >= 15 is 0 Å². The predicted octanol–water partition coefficient (Wildman–Crippen LogP) is 3.10. The van der Waals surface area contributed by atoms with E-state index in [-0.39, 0.29) is 17.4 Å². The molecule has 1 rings (SSSR count). The molecule has 0 aliphatic carbocycles. The lowest BCUT2D eigenvalue weighted by molar-refractivity contribution is 0.583. The molecule has 2 nitrogen and oxygen atoms in total. The van der Waals surface area contributed by atoms with E-state index in [1.54, 1.807) is 11.8 Å². The van der Waals surface area contributed by atoms with Crippen LogP contribution in [0.15, 0.2) is 12.1 Å². The van der Waals surface area contributed by atoms with E-state index in [9.17, 15) is 8.78 Å². The number of anilines is 2. The fraction of sp³-hybridized carbons (Fsp3) is 0.455. The molecule has 0 spiro atoms. The monoisotopic (exact) mass is 246 g/mol. The zero-order valence-electron chi connectivity index (χ0n) is 9.39. The third-order valence-electron chi connectivity index (χ3n) is 2.21. The van der Waals surface area contributed by atoms with E-state index in [0.717, 1.165) is 24.3 Å². The number of nitrogens with one attached hydrogen (secondary N) is 1. The summed E-state index contributed by atoms with van der Waals surface area (Å²) in [6.07, 6.45) is 2.85. The van der Waals surface area contributed by atoms with Crippen molar-refractivity contribution in [2.24, 2.45) is 0 Å². The van der Waals surface area contributed by atoms with Crippen molar-refractivity contribution in [1.82, 2.24) is 0 Å². The van der Waals surface area contributed by atoms with Gasteiger partial charge in [0, 0.05) is 11.7 Å². The Kier molecular flexibility index (Phi) is 4.86. The van der Waals surface area contributed by atoms with Crippen molar-refractivity contribution in [3.8, 4) is 0 Å². The Morgan fingerprint density at radius 1 is 1.38 bits per heavy atom. The fourth-order valence-corrected chi connectivity index (χ4v) is 1.93. The molecule has 0 aliphatic rings. The molecule has 0 aliphatic heterocycles. The van der Waals surface area contributed by atoms with E-state index in [0.29, 0.717) is 0 Å². The third-order valence-corrected chi connectivity index (χ3v) is 2.85. The van der Waals surface area contributed by atoms with Crippen molar-refractivity contribution in [2.45, 2.75) is 19.4 Å². The molecule has 1 atom stereocenters. The first kappa shape index (κ1) is 13.1. The molecule has 3 N–H and O–H groups in total. The van der Waals surface area contributed by atoms with Crippen LogP contribution in [0.3, 0.4) is 0 Å². The molecule has 0 bridgehead atoms. The number of rotatable bonds is 5. The predicted molar refractivity (Wildman–Crippen MR) is 66.9 cm³/mol. The summed E-state index contributed by atoms with van der Waals surface area (Å²) in [5, 5.41) is 2.82. The summed E-state index contributed by atoms with van der Waals surface area (Å²) < 4.78 is 26.8. The summed E-state index contributed by atoms with van der Waals surface area (Å²) in [7, 11) is 0. The standard InChI is InChI=1S/C11H16F2N2S/c1-7(3-4-16-2)15-11-9(12)5-8(14)6-10(11)13/h5-7,15H,3-4,14H2,1-2H3. The number of halogens is 2. The molecule has 16 heavy (non-hydrogen) atoms. The molecule has 1 aromatic carbocycles. The molecule has 1 aromatic rings. The van der Waals surface area contributed by atoms with Gasteiger partial charge in [0.05, 0.1) is 0 Å². The highest BCUT2D eigenvalue weighted by Gasteiger charge is 2.12. The van der Waals surface area contributed by atoms with Crippen LogP contribution in [0.25, 0.3) is 0 Å². The number of hydrogen-bond acceptors (Lipinski definition) is 3. The zero-order valence-corrected chi connectivity index (χ0v) is 10.2. The van der Waals surface area contributed by atoms with E-state index < -0.39 is 11.6 Å². The van der Waals surface area contributed by atoms with E-state index in [1.807, 2.05) is 13.2 Å². The zero-order chi connectivity index (χ0) is 12.1. The van der Waals surface area contributed by atoms with Crippen molar-refractivity contribution in [2.75, 3.05) is 23.1 Å². The normalized spacial score (nSPS) is 12.5. The van der Waals surface area contributed by atoms with E-state index in [1.165, 1.54) is 0 Å². The second kappa shape index (κ2) is 5.94. The Hall–Kier alpha value is -0.970. The van der Waals surface area contributed by atoms with Crippen LogP contribution in [0.4, 0.5) is 20.2 Å². The van der Waals surface area contributed by atoms with Crippen LogP contribution >= 0.6 is 11.8 Å². The first-order valence-electron chi connectivity index (χ1n) is 5.04. The summed E-state index contributed by atoms with van der Waals surface area (Å²) >= 11 is 1.70. The minimum Gasteiger partial charge on any atom is -0.399 e. The van der Waals surface area contributed by atoms with E-state index in [2.05, 4.69) is 5.32 Å². The largest absolute Gasteiger partial charge is 0.399 e. The maximum Gasteiger partial charge on any atom is 0.151 e. The smallest absolute Gasteiger partial charge is 0.151 e. The SMILES string of the molecule is CSCCC(C)Nc1c(F)cc(N)cc1F. The number of thioether (sulfide) groups is 1. The van der Waals surface area contributed by atoms with Crippen LogP contribution in [-0.2, 0) is 0 Å². The van der Waals surface area contributed by atoms with Crippen molar-refractivity contribution in [1.29, 1.82) is 0 Å². The molecule has 90 valence electrons. The van der Waals surface area contributed by atoms with Crippen LogP contribution in [-0.4, -0.2) is 18.1 Å². The molecule has 1 unspecified atom stereocenters. The van der Waals surface area contributed by atoms with Gasteiger partial charge in [0.25, 0.3) is 0 Å². The molecular weight excluding hydrogens is 230 g/mol. The van der Waals surface area contributed by atoms with Crippen molar-refractivity contribution in [3.05, 3.63) is 23.8 Å². The van der Waals surface area contributed by atoms with Gasteiger partial charge in [-0.25, -0.2) is 8.78 Å². The van der Waals surface area contributed by atoms with Gasteiger partial charge in [-0.05, 0) is 37.5 Å². The van der Waals surface area contributed by atoms with Crippen molar-refractivity contribution in [3.63, 3.8) is 0 Å². The van der Waals surface area contributed by atoms with Crippen molar-refractivity contribution >= 4 is 23.1 Å². The lowest BCUT2D eigenvalue weighted by atomic mass is 10.2. The molecule has 0 heterocycles. The highest BCUT2D eigenvalue weighted by atomic mass is 32.2. The molecule has 0 saturated carbocycles. The summed E-state index contributed by atoms with van der Waals surface area (Å²) in [4.78, 5) is 0. The summed E-state index contributed by atoms with van der Waals surface area (Å²) in [6, 6.07) is 2.26. The lowest BCUT2D eigenvalue weighted by Crippen LogP contribution is -2.18. The van der Waals surface area contributed by atoms with Crippen molar-refractivity contribution < 1.29 is 8.78 Å². The lowest BCUT2D eigenvalue weighted by Gasteiger charge is -2.16. The van der Waals surface area contributed by atoms with Crippen LogP contribution < -0.4 is 11.1 Å². The summed E-state index contributed by atoms with van der Waals surface area (Å²) in [5.41, 5.74) is 5.33. The highest BCUT2D eigenvalue weighted by Crippen LogP contribution is 2.23. The van der Waals surface area contributed by atoms with Gasteiger partial charge in [-0.3, -0.25) is 0 Å². The Morgan fingerprint density at radius 2 is 1.94 bits per heavy atom. The minimum absolute atomic E-state index is 0.0278. The molecular formula is C11H16F2N2S. The first-order valence-corrected chi connectivity index (χ1v) is 6.44. The maximum absolute atomic E-state index is 13.4. The average Bonchev–Trinajstić information content (AvgIpc) is 2.20. The molecule has 0 radical (unpaired) electrons. The van der Waals surface area contributed by atoms with Gasteiger partial charge in [0.1, 0.15) is 5.69 Å². The van der Waals surface area contributed by atoms with Gasteiger partial charge in [-0.2, -0.15) is 11.8 Å². The minimum atomic E-state index is -0.645. The van der Waals surface area contributed by atoms with Gasteiger partial charge >= 0.3 is 0 Å². The second-order valence-corrected chi connectivity index (χ2v) is 4.67. The van der Waals surface area contributed by atoms with Gasteiger partial charge < -0.3 is 11.1 Å². The summed E-state index contributed by atoms with van der Waals surface area (Å²) in [6.45, 7) is 1.89. The van der Waals surface area contributed by atoms with Crippen LogP contribution in [0.2, 0.25) is 0 Å². The molecule has 0 fully saturated rings. The van der Waals surface area contributed by atoms with Gasteiger partial charge in [0.2, 0.25) is 0 Å². The number of nitrogen functional groups attached to an aromatic ring is 1. The van der Waals surface area contributed by atoms with Gasteiger partial charge in [0.15, 0.2) is 11.6 Å². The average molecular weight is 246 g/mol.